The van der Waals surface area contributed by atoms with Crippen molar-refractivity contribution in [1.82, 2.24) is 4.98 Å². The predicted octanol–water partition coefficient (Wildman–Crippen LogP) is 1.94. The molecule has 0 atom stereocenters. The van der Waals surface area contributed by atoms with E-state index in [1.54, 1.807) is 0 Å². The van der Waals surface area contributed by atoms with Crippen molar-refractivity contribution in [1.29, 1.82) is 0 Å². The Bertz CT molecular complexity index is 435. The number of aliphatic hydroxyl groups excluding tert-OH is 1. The molecule has 0 spiro atoms. The Morgan fingerprint density at radius 1 is 1.59 bits per heavy atom. The largest absolute Gasteiger partial charge is 0.393 e. The predicted molar refractivity (Wildman–Crippen MR) is 65.8 cm³/mol. The van der Waals surface area contributed by atoms with E-state index < -0.39 is 4.92 Å². The molecule has 0 amide bonds. The lowest BCUT2D eigenvalue weighted by Crippen LogP contribution is -2.33. The molecular weight excluding hydrogens is 290 g/mol. The molecule has 0 aromatic carbocycles. The fourth-order valence-electron chi connectivity index (χ4n) is 1.85. The Labute approximate surface area is 106 Å². The van der Waals surface area contributed by atoms with E-state index in [1.807, 2.05) is 0 Å². The van der Waals surface area contributed by atoms with Crippen LogP contribution in [0.15, 0.2) is 16.9 Å². The zero-order chi connectivity index (χ0) is 12.4. The molecule has 92 valence electrons. The standard InChI is InChI=1S/C10H12BrN3O3/c11-8-4-12-5-9(14(16)17)10(8)13-3-6-1-7(15)2-6/h4-7,15H,1-3H2,(H,12,13). The van der Waals surface area contributed by atoms with E-state index in [9.17, 15) is 10.1 Å². The van der Waals surface area contributed by atoms with Crippen molar-refractivity contribution in [2.75, 3.05) is 11.9 Å². The zero-order valence-corrected chi connectivity index (χ0v) is 10.6. The smallest absolute Gasteiger partial charge is 0.311 e. The number of aliphatic hydroxyl groups is 1. The van der Waals surface area contributed by atoms with Crippen LogP contribution in [0, 0.1) is 16.0 Å². The molecule has 1 aliphatic rings. The van der Waals surface area contributed by atoms with Gasteiger partial charge in [-0.25, -0.2) is 0 Å². The van der Waals surface area contributed by atoms with Crippen LogP contribution in [-0.4, -0.2) is 27.7 Å². The highest BCUT2D eigenvalue weighted by molar-refractivity contribution is 9.10. The minimum Gasteiger partial charge on any atom is -0.393 e. The topological polar surface area (TPSA) is 88.3 Å². The maximum atomic E-state index is 10.8. The summed E-state index contributed by atoms with van der Waals surface area (Å²) in [7, 11) is 0. The number of anilines is 1. The molecule has 1 aliphatic carbocycles. The first kappa shape index (κ1) is 12.3. The van der Waals surface area contributed by atoms with Gasteiger partial charge in [0.25, 0.3) is 0 Å². The lowest BCUT2D eigenvalue weighted by Gasteiger charge is -2.31. The van der Waals surface area contributed by atoms with E-state index in [0.717, 1.165) is 12.8 Å². The Morgan fingerprint density at radius 3 is 2.88 bits per heavy atom. The second kappa shape index (κ2) is 4.97. The summed E-state index contributed by atoms with van der Waals surface area (Å²) in [5, 5.41) is 23.0. The van der Waals surface area contributed by atoms with Crippen LogP contribution in [0.3, 0.4) is 0 Å². The van der Waals surface area contributed by atoms with Crippen molar-refractivity contribution in [2.45, 2.75) is 18.9 Å². The molecule has 0 radical (unpaired) electrons. The van der Waals surface area contributed by atoms with Crippen LogP contribution in [0.25, 0.3) is 0 Å². The molecule has 7 heteroatoms. The van der Waals surface area contributed by atoms with E-state index in [4.69, 9.17) is 5.11 Å². The van der Waals surface area contributed by atoms with Crippen LogP contribution in [0.4, 0.5) is 11.4 Å². The van der Waals surface area contributed by atoms with Gasteiger partial charge in [-0.05, 0) is 34.7 Å². The quantitative estimate of drug-likeness (QED) is 0.655. The van der Waals surface area contributed by atoms with E-state index >= 15 is 0 Å². The number of nitro groups is 1. The number of nitrogens with zero attached hydrogens (tertiary/aromatic N) is 2. The van der Waals surface area contributed by atoms with Crippen molar-refractivity contribution in [3.8, 4) is 0 Å². The molecule has 17 heavy (non-hydrogen) atoms. The third-order valence-corrected chi connectivity index (χ3v) is 3.46. The maximum Gasteiger partial charge on any atom is 0.311 e. The fourth-order valence-corrected chi connectivity index (χ4v) is 2.31. The third kappa shape index (κ3) is 2.73. The number of halogens is 1. The number of rotatable bonds is 4. The molecule has 0 aliphatic heterocycles. The highest BCUT2D eigenvalue weighted by Crippen LogP contribution is 2.33. The minimum atomic E-state index is -0.463. The maximum absolute atomic E-state index is 10.8. The second-order valence-corrected chi connectivity index (χ2v) is 5.00. The second-order valence-electron chi connectivity index (χ2n) is 4.14. The van der Waals surface area contributed by atoms with Crippen LogP contribution in [0.5, 0.6) is 0 Å². The van der Waals surface area contributed by atoms with E-state index in [0.29, 0.717) is 22.6 Å². The van der Waals surface area contributed by atoms with Crippen LogP contribution in [0.1, 0.15) is 12.8 Å². The van der Waals surface area contributed by atoms with Crippen molar-refractivity contribution >= 4 is 27.3 Å². The van der Waals surface area contributed by atoms with Crippen LogP contribution >= 0.6 is 15.9 Å². The molecule has 1 heterocycles. The summed E-state index contributed by atoms with van der Waals surface area (Å²) in [5.74, 6) is 0.379. The van der Waals surface area contributed by atoms with Crippen molar-refractivity contribution in [3.63, 3.8) is 0 Å². The van der Waals surface area contributed by atoms with Gasteiger partial charge in [-0.3, -0.25) is 15.1 Å². The number of nitrogens with one attached hydrogen (secondary N) is 1. The van der Waals surface area contributed by atoms with Crippen molar-refractivity contribution in [2.24, 2.45) is 5.92 Å². The highest BCUT2D eigenvalue weighted by atomic mass is 79.9. The third-order valence-electron chi connectivity index (χ3n) is 2.85. The highest BCUT2D eigenvalue weighted by Gasteiger charge is 2.27. The molecule has 0 bridgehead atoms. The lowest BCUT2D eigenvalue weighted by atomic mass is 9.82. The molecule has 1 aromatic heterocycles. The Hall–Kier alpha value is -1.21. The molecule has 1 saturated carbocycles. The van der Waals surface area contributed by atoms with Gasteiger partial charge in [0.15, 0.2) is 0 Å². The molecule has 6 nitrogen and oxygen atoms in total. The van der Waals surface area contributed by atoms with E-state index in [1.165, 1.54) is 12.4 Å². The van der Waals surface area contributed by atoms with Gasteiger partial charge in [0.05, 0.1) is 15.5 Å². The summed E-state index contributed by atoms with van der Waals surface area (Å²) in [6.45, 7) is 0.626. The van der Waals surface area contributed by atoms with E-state index in [-0.39, 0.29) is 11.8 Å². The summed E-state index contributed by atoms with van der Waals surface area (Å²) in [4.78, 5) is 14.1. The summed E-state index contributed by atoms with van der Waals surface area (Å²) < 4.78 is 0.576. The van der Waals surface area contributed by atoms with Crippen molar-refractivity contribution in [3.05, 3.63) is 27.0 Å². The molecule has 2 N–H and O–H groups in total. The Morgan fingerprint density at radius 2 is 2.29 bits per heavy atom. The number of aromatic nitrogens is 1. The van der Waals surface area contributed by atoms with Crippen LogP contribution in [0.2, 0.25) is 0 Å². The zero-order valence-electron chi connectivity index (χ0n) is 8.97. The Kier molecular flexibility index (Phi) is 3.58. The molecule has 0 saturated heterocycles. The van der Waals surface area contributed by atoms with Gasteiger partial charge in [-0.1, -0.05) is 0 Å². The summed E-state index contributed by atoms with van der Waals surface area (Å²) in [5.41, 5.74) is 0.408. The molecule has 0 unspecified atom stereocenters. The SMILES string of the molecule is O=[N+]([O-])c1cncc(Br)c1NCC1CC(O)C1. The summed E-state index contributed by atoms with van der Waals surface area (Å²) in [6, 6.07) is 0. The number of pyridine rings is 1. The van der Waals surface area contributed by atoms with Gasteiger partial charge in [-0.15, -0.1) is 0 Å². The van der Waals surface area contributed by atoms with Gasteiger partial charge in [-0.2, -0.15) is 0 Å². The monoisotopic (exact) mass is 301 g/mol. The fraction of sp³-hybridized carbons (Fsp3) is 0.500. The van der Waals surface area contributed by atoms with E-state index in [2.05, 4.69) is 26.2 Å². The normalized spacial score (nSPS) is 22.9. The first-order chi connectivity index (χ1) is 8.08. The van der Waals surface area contributed by atoms with Crippen LogP contribution < -0.4 is 5.32 Å². The average molecular weight is 302 g/mol. The average Bonchev–Trinajstić information content (AvgIpc) is 2.23. The summed E-state index contributed by atoms with van der Waals surface area (Å²) in [6.07, 6.45) is 4.04. The van der Waals surface area contributed by atoms with Crippen molar-refractivity contribution < 1.29 is 10.0 Å². The number of hydrogen-bond donors (Lipinski definition) is 2. The first-order valence-electron chi connectivity index (χ1n) is 5.27. The Balaban J connectivity index is 2.06. The molecule has 1 fully saturated rings. The molecular formula is C10H12BrN3O3. The minimum absolute atomic E-state index is 0.0424. The van der Waals surface area contributed by atoms with Gasteiger partial charge in [0.1, 0.15) is 11.9 Å². The van der Waals surface area contributed by atoms with Gasteiger partial charge in [0, 0.05) is 12.7 Å². The molecule has 1 aromatic rings. The summed E-state index contributed by atoms with van der Waals surface area (Å²) >= 11 is 3.24. The lowest BCUT2D eigenvalue weighted by molar-refractivity contribution is -0.384. The van der Waals surface area contributed by atoms with Gasteiger partial charge < -0.3 is 10.4 Å². The van der Waals surface area contributed by atoms with Gasteiger partial charge >= 0.3 is 5.69 Å². The molecule has 2 rings (SSSR count). The van der Waals surface area contributed by atoms with Gasteiger partial charge in [0.2, 0.25) is 0 Å². The first-order valence-corrected chi connectivity index (χ1v) is 6.07. The number of hydrogen-bond acceptors (Lipinski definition) is 5. The van der Waals surface area contributed by atoms with Crippen LogP contribution in [-0.2, 0) is 0 Å².